The summed E-state index contributed by atoms with van der Waals surface area (Å²) in [4.78, 5) is 0. The van der Waals surface area contributed by atoms with Gasteiger partial charge < -0.3 is 13.7 Å². The molecule has 0 fully saturated rings. The summed E-state index contributed by atoms with van der Waals surface area (Å²) in [6.45, 7) is 13.4. The van der Waals surface area contributed by atoms with Crippen molar-refractivity contribution in [2.24, 2.45) is 0 Å². The van der Waals surface area contributed by atoms with Gasteiger partial charge in [-0.2, -0.15) is 15.8 Å². The van der Waals surface area contributed by atoms with E-state index < -0.39 is 0 Å². The van der Waals surface area contributed by atoms with Crippen molar-refractivity contribution in [2.75, 3.05) is 0 Å². The van der Waals surface area contributed by atoms with E-state index in [1.807, 2.05) is 0 Å². The van der Waals surface area contributed by atoms with Crippen LogP contribution in [0, 0.1) is 34.0 Å². The van der Waals surface area contributed by atoms with E-state index in [9.17, 15) is 15.8 Å². The topological polar surface area (TPSA) is 86.2 Å². The van der Waals surface area contributed by atoms with Gasteiger partial charge >= 0.3 is 0 Å². The average molecular weight is 985 g/mol. The summed E-state index contributed by atoms with van der Waals surface area (Å²) in [5.41, 5.74) is 15.6. The fourth-order valence-electron chi connectivity index (χ4n) is 12.0. The molecule has 0 radical (unpaired) electrons. The molecular weight excluding hydrogens is 913 g/mol. The first-order valence-corrected chi connectivity index (χ1v) is 28.5. The van der Waals surface area contributed by atoms with Gasteiger partial charge in [-0.05, 0) is 183 Å². The number of unbranched alkanes of at least 4 members (excludes halogenated alkanes) is 6. The first-order chi connectivity index (χ1) is 36.8. The molecule has 0 spiro atoms. The number of hydrogen-bond acceptors (Lipinski definition) is 3. The zero-order chi connectivity index (χ0) is 52.2. The van der Waals surface area contributed by atoms with Gasteiger partial charge in [0.15, 0.2) is 0 Å². The zero-order valence-electron chi connectivity index (χ0n) is 45.3. The van der Waals surface area contributed by atoms with Gasteiger partial charge in [0.1, 0.15) is 34.9 Å². The van der Waals surface area contributed by atoms with Crippen LogP contribution in [0.3, 0.4) is 0 Å². The van der Waals surface area contributed by atoms with E-state index >= 15 is 0 Å². The van der Waals surface area contributed by atoms with Crippen molar-refractivity contribution in [2.45, 2.75) is 157 Å². The Hall–Kier alpha value is -7.59. The van der Waals surface area contributed by atoms with E-state index in [0.29, 0.717) is 33.8 Å². The SMILES string of the molecule is CCCCc1ccc2c(c1)c1cc(CCCC)ccc1n2-c1c(C#N)c(-n2c3ccc(CCCC)cc3c3cc(CCCC)ccc32)c(C#N)c(-n2c3ccc(CCCC)cc3c3cc(CCCC)ccc32)c1C#N. The van der Waals surface area contributed by atoms with Crippen molar-refractivity contribution < 1.29 is 0 Å². The predicted octanol–water partition coefficient (Wildman–Crippen LogP) is 18.6. The number of benzene rings is 7. The Balaban J connectivity index is 1.42. The van der Waals surface area contributed by atoms with Crippen LogP contribution in [-0.2, 0) is 38.5 Å². The molecule has 0 aliphatic carbocycles. The standard InChI is InChI=1S/C69H72N6/c1-7-13-19-46-25-31-61-52(37-46)53-38-47(20-14-8-2)26-32-62(53)73(61)67-58(43-70)68(74-63-33-27-48(21-15-9-3)39-54(63)55-40-49(22-16-10-4)28-34-64(55)74)60(45-72)69(59(67)44-71)75-65-35-29-50(23-17-11-5)41-56(65)57-42-51(24-18-12-6)30-36-66(57)75/h25-42H,7-24H2,1-6H3. The van der Waals surface area contributed by atoms with Crippen molar-refractivity contribution in [1.82, 2.24) is 13.7 Å². The van der Waals surface area contributed by atoms with Crippen molar-refractivity contribution in [1.29, 1.82) is 15.8 Å². The molecule has 0 saturated heterocycles. The predicted molar refractivity (Wildman–Crippen MR) is 315 cm³/mol. The lowest BCUT2D eigenvalue weighted by atomic mass is 9.96. The summed E-state index contributed by atoms with van der Waals surface area (Å²) in [5.74, 6) is 0. The summed E-state index contributed by atoms with van der Waals surface area (Å²) < 4.78 is 6.59. The van der Waals surface area contributed by atoms with Crippen molar-refractivity contribution in [3.8, 4) is 35.3 Å². The molecule has 7 aromatic carbocycles. The quantitative estimate of drug-likeness (QED) is 0.0719. The lowest BCUT2D eigenvalue weighted by molar-refractivity contribution is 0.795. The van der Waals surface area contributed by atoms with Crippen molar-refractivity contribution in [3.05, 3.63) is 159 Å². The van der Waals surface area contributed by atoms with Crippen LogP contribution in [0.2, 0.25) is 0 Å². The molecule has 6 nitrogen and oxygen atoms in total. The molecule has 0 aliphatic heterocycles. The summed E-state index contributed by atoms with van der Waals surface area (Å²) in [6.07, 6.45) is 18.9. The summed E-state index contributed by atoms with van der Waals surface area (Å²) in [5, 5.41) is 43.1. The lowest BCUT2D eigenvalue weighted by Crippen LogP contribution is -2.14. The number of nitrogens with zero attached hydrogens (tertiary/aromatic N) is 6. The maximum absolute atomic E-state index is 12.2. The van der Waals surface area contributed by atoms with Crippen LogP contribution in [0.4, 0.5) is 0 Å². The highest BCUT2D eigenvalue weighted by atomic mass is 15.1. The Labute approximate surface area is 444 Å². The van der Waals surface area contributed by atoms with Gasteiger partial charge in [-0.25, -0.2) is 0 Å². The fourth-order valence-corrected chi connectivity index (χ4v) is 12.0. The highest BCUT2D eigenvalue weighted by molar-refractivity contribution is 6.14. The van der Waals surface area contributed by atoms with Gasteiger partial charge in [0.25, 0.3) is 0 Å². The second kappa shape index (κ2) is 22.5. The van der Waals surface area contributed by atoms with E-state index in [4.69, 9.17) is 0 Å². The molecule has 0 saturated carbocycles. The monoisotopic (exact) mass is 985 g/mol. The van der Waals surface area contributed by atoms with E-state index in [1.165, 1.54) is 33.4 Å². The normalized spacial score (nSPS) is 11.7. The number of hydrogen-bond donors (Lipinski definition) is 0. The van der Waals surface area contributed by atoms with E-state index in [-0.39, 0.29) is 0 Å². The number of nitriles is 3. The maximum Gasteiger partial charge on any atom is 0.104 e. The lowest BCUT2D eigenvalue weighted by Gasteiger charge is -2.23. The molecule has 0 amide bonds. The minimum Gasteiger partial charge on any atom is -0.306 e. The van der Waals surface area contributed by atoms with Gasteiger partial charge in [0.2, 0.25) is 0 Å². The minimum atomic E-state index is 0.296. The number of aryl methyl sites for hydroxylation is 6. The minimum absolute atomic E-state index is 0.296. The van der Waals surface area contributed by atoms with E-state index in [2.05, 4.69) is 183 Å². The summed E-state index contributed by atoms with van der Waals surface area (Å²) in [7, 11) is 0. The zero-order valence-corrected chi connectivity index (χ0v) is 45.3. The molecule has 0 atom stereocenters. The molecule has 10 rings (SSSR count). The Morgan fingerprint density at radius 3 is 0.600 bits per heavy atom. The molecule has 0 aliphatic rings. The Kier molecular flexibility index (Phi) is 15.3. The second-order valence-electron chi connectivity index (χ2n) is 21.2. The average Bonchev–Trinajstić information content (AvgIpc) is 4.09. The third-order valence-corrected chi connectivity index (χ3v) is 16.0. The molecule has 378 valence electrons. The first kappa shape index (κ1) is 50.9. The number of fused-ring (bicyclic) bond motifs is 9. The molecular formula is C69H72N6. The molecule has 75 heavy (non-hydrogen) atoms. The maximum atomic E-state index is 12.2. The van der Waals surface area contributed by atoms with Crippen LogP contribution < -0.4 is 0 Å². The highest BCUT2D eigenvalue weighted by Crippen LogP contribution is 2.46. The van der Waals surface area contributed by atoms with Crippen LogP contribution in [0.15, 0.2) is 109 Å². The van der Waals surface area contributed by atoms with Crippen LogP contribution in [0.1, 0.15) is 169 Å². The molecule has 6 heteroatoms. The Bertz CT molecular complexity index is 3280. The van der Waals surface area contributed by atoms with Gasteiger partial charge in [0.05, 0.1) is 50.2 Å². The van der Waals surface area contributed by atoms with Crippen molar-refractivity contribution >= 4 is 65.4 Å². The number of aromatic nitrogens is 3. The summed E-state index contributed by atoms with van der Waals surface area (Å²) in [6, 6.07) is 48.9. The Morgan fingerprint density at radius 2 is 0.453 bits per heavy atom. The third-order valence-electron chi connectivity index (χ3n) is 16.0. The Morgan fingerprint density at radius 1 is 0.280 bits per heavy atom. The van der Waals surface area contributed by atoms with Crippen LogP contribution >= 0.6 is 0 Å². The van der Waals surface area contributed by atoms with E-state index in [0.717, 1.165) is 181 Å². The van der Waals surface area contributed by atoms with Crippen molar-refractivity contribution in [3.63, 3.8) is 0 Å². The molecule has 3 heterocycles. The van der Waals surface area contributed by atoms with E-state index in [1.54, 1.807) is 0 Å². The van der Waals surface area contributed by atoms with Crippen LogP contribution in [-0.4, -0.2) is 13.7 Å². The number of rotatable bonds is 21. The highest BCUT2D eigenvalue weighted by Gasteiger charge is 2.33. The van der Waals surface area contributed by atoms with Gasteiger partial charge in [-0.15, -0.1) is 0 Å². The van der Waals surface area contributed by atoms with Gasteiger partial charge in [0, 0.05) is 32.3 Å². The molecule has 3 aromatic heterocycles. The molecule has 0 unspecified atom stereocenters. The van der Waals surface area contributed by atoms with Gasteiger partial charge in [-0.3, -0.25) is 0 Å². The third kappa shape index (κ3) is 9.27. The first-order valence-electron chi connectivity index (χ1n) is 28.5. The fraction of sp³-hybridized carbons (Fsp3) is 0.348. The van der Waals surface area contributed by atoms with Crippen LogP contribution in [0.25, 0.3) is 82.5 Å². The largest absolute Gasteiger partial charge is 0.306 e. The smallest absolute Gasteiger partial charge is 0.104 e. The molecule has 0 N–H and O–H groups in total. The molecule has 0 bridgehead atoms. The van der Waals surface area contributed by atoms with Crippen LogP contribution in [0.5, 0.6) is 0 Å². The molecule has 10 aromatic rings. The second-order valence-corrected chi connectivity index (χ2v) is 21.2. The van der Waals surface area contributed by atoms with Gasteiger partial charge in [-0.1, -0.05) is 116 Å². The summed E-state index contributed by atoms with van der Waals surface area (Å²) >= 11 is 0.